The van der Waals surface area contributed by atoms with Gasteiger partial charge in [-0.3, -0.25) is 0 Å². The van der Waals surface area contributed by atoms with Gasteiger partial charge in [0.1, 0.15) is 5.75 Å². The number of methoxy groups -OCH3 is 1. The van der Waals surface area contributed by atoms with Crippen LogP contribution in [0.15, 0.2) is 23.7 Å². The second-order valence-corrected chi connectivity index (χ2v) is 7.10. The van der Waals surface area contributed by atoms with Crippen LogP contribution < -0.4 is 10.1 Å². The molecule has 2 rings (SSSR count). The molecule has 1 aromatic carbocycles. The van der Waals surface area contributed by atoms with Gasteiger partial charge in [-0.05, 0) is 57.9 Å². The number of aromatic carboxylic acids is 1. The Hall–Kier alpha value is -1.83. The normalized spacial score (nSPS) is 19.1. The fourth-order valence-electron chi connectivity index (χ4n) is 2.57. The van der Waals surface area contributed by atoms with Crippen molar-refractivity contribution in [1.29, 1.82) is 0 Å². The van der Waals surface area contributed by atoms with E-state index in [4.69, 9.17) is 14.0 Å². The lowest BCUT2D eigenvalue weighted by molar-refractivity contribution is 0.00578. The molecule has 1 aromatic rings. The Morgan fingerprint density at radius 3 is 2.36 bits per heavy atom. The molecule has 0 aromatic heterocycles. The molecular weight excluding hydrogens is 321 g/mol. The molecule has 0 saturated carbocycles. The SMILES string of the molecule is CNCC(=Cc1ccc(OC)cc1C(=O)O)B1OC(C)(C)C(C)(C)O1. The smallest absolute Gasteiger partial charge is 0.491 e. The lowest BCUT2D eigenvalue weighted by Crippen LogP contribution is -2.41. The Morgan fingerprint density at radius 1 is 1.28 bits per heavy atom. The van der Waals surface area contributed by atoms with E-state index in [1.165, 1.54) is 13.2 Å². The number of ether oxygens (including phenoxy) is 1. The van der Waals surface area contributed by atoms with Crippen molar-refractivity contribution in [3.05, 3.63) is 34.8 Å². The first-order valence-electron chi connectivity index (χ1n) is 8.23. The number of carbonyl (C=O) groups is 1. The van der Waals surface area contributed by atoms with Gasteiger partial charge < -0.3 is 24.5 Å². The highest BCUT2D eigenvalue weighted by Gasteiger charge is 2.52. The first-order valence-corrected chi connectivity index (χ1v) is 8.23. The Bertz CT molecular complexity index is 668. The van der Waals surface area contributed by atoms with E-state index in [0.29, 0.717) is 17.9 Å². The number of likely N-dealkylation sites (N-methyl/N-ethyl adjacent to an activating group) is 1. The quantitative estimate of drug-likeness (QED) is 0.771. The minimum atomic E-state index is -1.01. The summed E-state index contributed by atoms with van der Waals surface area (Å²) in [6, 6.07) is 4.97. The molecule has 0 atom stereocenters. The van der Waals surface area contributed by atoms with E-state index in [9.17, 15) is 9.90 Å². The summed E-state index contributed by atoms with van der Waals surface area (Å²) in [7, 11) is 2.79. The second-order valence-electron chi connectivity index (χ2n) is 7.10. The zero-order valence-electron chi connectivity index (χ0n) is 15.7. The van der Waals surface area contributed by atoms with E-state index < -0.39 is 24.3 Å². The number of carboxylic acids is 1. The molecule has 0 radical (unpaired) electrons. The van der Waals surface area contributed by atoms with E-state index in [1.54, 1.807) is 12.1 Å². The van der Waals surface area contributed by atoms with Crippen LogP contribution in [0.4, 0.5) is 0 Å². The molecule has 136 valence electrons. The van der Waals surface area contributed by atoms with Crippen LogP contribution in [-0.2, 0) is 9.31 Å². The molecule has 1 heterocycles. The number of hydrogen-bond donors (Lipinski definition) is 2. The van der Waals surface area contributed by atoms with Gasteiger partial charge in [-0.25, -0.2) is 4.79 Å². The highest BCUT2D eigenvalue weighted by atomic mass is 16.7. The van der Waals surface area contributed by atoms with Gasteiger partial charge in [0.25, 0.3) is 0 Å². The van der Waals surface area contributed by atoms with Crippen molar-refractivity contribution in [1.82, 2.24) is 5.32 Å². The minimum absolute atomic E-state index is 0.171. The molecule has 0 amide bonds. The van der Waals surface area contributed by atoms with Crippen molar-refractivity contribution in [3.8, 4) is 5.75 Å². The van der Waals surface area contributed by atoms with Crippen LogP contribution in [0.1, 0.15) is 43.6 Å². The molecule has 1 aliphatic rings. The topological polar surface area (TPSA) is 77.0 Å². The third-order valence-electron chi connectivity index (χ3n) is 4.77. The molecular formula is C18H26BNO5. The van der Waals surface area contributed by atoms with Gasteiger partial charge in [-0.1, -0.05) is 12.1 Å². The van der Waals surface area contributed by atoms with Gasteiger partial charge in [-0.15, -0.1) is 0 Å². The van der Waals surface area contributed by atoms with Gasteiger partial charge in [0.2, 0.25) is 0 Å². The summed E-state index contributed by atoms with van der Waals surface area (Å²) in [5, 5.41) is 12.6. The van der Waals surface area contributed by atoms with Crippen molar-refractivity contribution in [3.63, 3.8) is 0 Å². The molecule has 0 spiro atoms. The summed E-state index contributed by atoms with van der Waals surface area (Å²) in [6.45, 7) is 8.46. The maximum atomic E-state index is 11.6. The summed E-state index contributed by atoms with van der Waals surface area (Å²) in [5.41, 5.74) is 0.659. The third-order valence-corrected chi connectivity index (χ3v) is 4.77. The highest BCUT2D eigenvalue weighted by molar-refractivity contribution is 6.56. The number of carboxylic acid groups (broad SMARTS) is 1. The zero-order chi connectivity index (χ0) is 18.8. The standard InChI is InChI=1S/C18H26BNO5/c1-17(2)18(3,4)25-19(24-17)13(11-20-5)9-12-7-8-14(23-6)10-15(12)16(21)22/h7-10,20H,11H2,1-6H3,(H,21,22). The van der Waals surface area contributed by atoms with Crippen molar-refractivity contribution in [2.75, 3.05) is 20.7 Å². The molecule has 2 N–H and O–H groups in total. The molecule has 1 saturated heterocycles. The molecule has 1 fully saturated rings. The zero-order valence-corrected chi connectivity index (χ0v) is 15.7. The van der Waals surface area contributed by atoms with Crippen LogP contribution >= 0.6 is 0 Å². The molecule has 0 unspecified atom stereocenters. The summed E-state index contributed by atoms with van der Waals surface area (Å²) in [4.78, 5) is 11.6. The van der Waals surface area contributed by atoms with E-state index >= 15 is 0 Å². The summed E-state index contributed by atoms with van der Waals surface area (Å²) in [6.07, 6.45) is 1.81. The number of rotatable bonds is 6. The molecule has 1 aliphatic heterocycles. The average Bonchev–Trinajstić information content (AvgIpc) is 2.75. The number of hydrogen-bond acceptors (Lipinski definition) is 5. The summed E-state index contributed by atoms with van der Waals surface area (Å²) >= 11 is 0. The van der Waals surface area contributed by atoms with Crippen molar-refractivity contribution < 1.29 is 23.9 Å². The Kier molecular flexibility index (Phi) is 5.61. The number of benzene rings is 1. The van der Waals surface area contributed by atoms with E-state index in [-0.39, 0.29) is 5.56 Å². The average molecular weight is 347 g/mol. The van der Waals surface area contributed by atoms with Gasteiger partial charge >= 0.3 is 13.1 Å². The van der Waals surface area contributed by atoms with Crippen LogP contribution in [-0.4, -0.2) is 50.1 Å². The van der Waals surface area contributed by atoms with Gasteiger partial charge in [-0.2, -0.15) is 0 Å². The van der Waals surface area contributed by atoms with Crippen LogP contribution in [0.2, 0.25) is 0 Å². The molecule has 6 nitrogen and oxygen atoms in total. The molecule has 25 heavy (non-hydrogen) atoms. The van der Waals surface area contributed by atoms with Crippen molar-refractivity contribution in [2.45, 2.75) is 38.9 Å². The van der Waals surface area contributed by atoms with E-state index in [1.807, 2.05) is 40.8 Å². The molecule has 7 heteroatoms. The fourth-order valence-corrected chi connectivity index (χ4v) is 2.57. The van der Waals surface area contributed by atoms with E-state index in [2.05, 4.69) is 5.32 Å². The Morgan fingerprint density at radius 2 is 1.88 bits per heavy atom. The minimum Gasteiger partial charge on any atom is -0.497 e. The fraction of sp³-hybridized carbons (Fsp3) is 0.500. The largest absolute Gasteiger partial charge is 0.497 e. The highest BCUT2D eigenvalue weighted by Crippen LogP contribution is 2.38. The summed E-state index contributed by atoms with van der Waals surface area (Å²) in [5.74, 6) is -0.511. The Labute approximate surface area is 149 Å². The second kappa shape index (κ2) is 7.19. The van der Waals surface area contributed by atoms with Crippen LogP contribution in [0.25, 0.3) is 6.08 Å². The summed E-state index contributed by atoms with van der Waals surface area (Å²) < 4.78 is 17.3. The first kappa shape index (κ1) is 19.5. The third kappa shape index (κ3) is 4.06. The monoisotopic (exact) mass is 347 g/mol. The predicted octanol–water partition coefficient (Wildman–Crippen LogP) is 2.63. The van der Waals surface area contributed by atoms with Crippen LogP contribution in [0.3, 0.4) is 0 Å². The predicted molar refractivity (Wildman–Crippen MR) is 97.9 cm³/mol. The molecule has 0 bridgehead atoms. The maximum Gasteiger partial charge on any atom is 0.491 e. The van der Waals surface area contributed by atoms with Crippen molar-refractivity contribution in [2.24, 2.45) is 0 Å². The number of nitrogens with one attached hydrogen (secondary N) is 1. The van der Waals surface area contributed by atoms with Gasteiger partial charge in [0.15, 0.2) is 0 Å². The van der Waals surface area contributed by atoms with Gasteiger partial charge in [0, 0.05) is 6.54 Å². The van der Waals surface area contributed by atoms with E-state index in [0.717, 1.165) is 5.47 Å². The molecule has 0 aliphatic carbocycles. The Balaban J connectivity index is 2.43. The van der Waals surface area contributed by atoms with Gasteiger partial charge in [0.05, 0.1) is 23.9 Å². The maximum absolute atomic E-state index is 11.6. The first-order chi connectivity index (χ1) is 11.6. The lowest BCUT2D eigenvalue weighted by atomic mass is 9.76. The lowest BCUT2D eigenvalue weighted by Gasteiger charge is -2.32. The van der Waals surface area contributed by atoms with Crippen LogP contribution in [0, 0.1) is 0 Å². The van der Waals surface area contributed by atoms with Crippen LogP contribution in [0.5, 0.6) is 5.75 Å². The van der Waals surface area contributed by atoms with Crippen molar-refractivity contribution >= 4 is 19.2 Å².